The van der Waals surface area contributed by atoms with E-state index in [9.17, 15) is 14.9 Å². The van der Waals surface area contributed by atoms with Gasteiger partial charge in [-0.3, -0.25) is 14.9 Å². The summed E-state index contributed by atoms with van der Waals surface area (Å²) in [4.78, 5) is 23.4. The lowest BCUT2D eigenvalue weighted by Gasteiger charge is -2.25. The average Bonchev–Trinajstić information content (AvgIpc) is 2.72. The van der Waals surface area contributed by atoms with E-state index >= 15 is 0 Å². The molecule has 0 unspecified atom stereocenters. The second kappa shape index (κ2) is 12.0. The Bertz CT molecular complexity index is 949. The zero-order valence-electron chi connectivity index (χ0n) is 17.8. The second-order valence-corrected chi connectivity index (χ2v) is 7.66. The number of hydrogen-bond donors (Lipinski definition) is 1. The Hall–Kier alpha value is -3.00. The highest BCUT2D eigenvalue weighted by atomic mass is 35.5. The summed E-state index contributed by atoms with van der Waals surface area (Å²) in [6.07, 6.45) is 4.50. The molecule has 8 nitrogen and oxygen atoms in total. The molecule has 0 saturated heterocycles. The van der Waals surface area contributed by atoms with E-state index in [0.29, 0.717) is 17.9 Å². The first kappa shape index (κ1) is 24.3. The predicted octanol–water partition coefficient (Wildman–Crippen LogP) is 6.83. The fourth-order valence-electron chi connectivity index (χ4n) is 3.08. The molecule has 0 atom stereocenters. The number of halogens is 1. The van der Waals surface area contributed by atoms with Gasteiger partial charge in [-0.25, -0.2) is 0 Å². The number of aliphatic carboxylic acids is 1. The molecule has 0 radical (unpaired) electrons. The number of nitrogens with zero attached hydrogens (tertiary/aromatic N) is 4. The number of rotatable bonds is 12. The van der Waals surface area contributed by atoms with Crippen molar-refractivity contribution in [1.82, 2.24) is 0 Å². The lowest BCUT2D eigenvalue weighted by Crippen LogP contribution is -2.27. The number of unbranched alkanes of at least 4 members (excludes halogenated alkanes) is 3. The third kappa shape index (κ3) is 7.64. The van der Waals surface area contributed by atoms with Crippen LogP contribution in [0.3, 0.4) is 0 Å². The lowest BCUT2D eigenvalue weighted by molar-refractivity contribution is -0.384. The van der Waals surface area contributed by atoms with Crippen LogP contribution in [0.15, 0.2) is 46.6 Å². The molecule has 2 aromatic rings. The Morgan fingerprint density at radius 2 is 1.81 bits per heavy atom. The number of azo groups is 1. The molecule has 0 aliphatic heterocycles. The van der Waals surface area contributed by atoms with Crippen molar-refractivity contribution in [2.24, 2.45) is 10.2 Å². The van der Waals surface area contributed by atoms with E-state index in [1.54, 1.807) is 0 Å². The fraction of sp³-hybridized carbons (Fsp3) is 0.409. The maximum absolute atomic E-state index is 11.0. The van der Waals surface area contributed by atoms with Crippen molar-refractivity contribution in [3.8, 4) is 0 Å². The third-order valence-corrected chi connectivity index (χ3v) is 5.13. The number of aryl methyl sites for hydroxylation is 1. The molecule has 0 aromatic heterocycles. The monoisotopic (exact) mass is 446 g/mol. The smallest absolute Gasteiger partial charge is 0.305 e. The van der Waals surface area contributed by atoms with Gasteiger partial charge in [0.25, 0.3) is 5.69 Å². The van der Waals surface area contributed by atoms with Gasteiger partial charge in [-0.2, -0.15) is 5.11 Å². The molecule has 166 valence electrons. The number of carboxylic acids is 1. The molecule has 2 rings (SSSR count). The van der Waals surface area contributed by atoms with Gasteiger partial charge in [0.2, 0.25) is 0 Å². The molecular formula is C22H27ClN4O4. The first-order valence-corrected chi connectivity index (χ1v) is 10.6. The van der Waals surface area contributed by atoms with Gasteiger partial charge in [0.05, 0.1) is 22.1 Å². The first-order valence-electron chi connectivity index (χ1n) is 10.2. The summed E-state index contributed by atoms with van der Waals surface area (Å²) in [5.41, 5.74) is 2.71. The number of non-ortho nitro benzene ring substituents is 1. The van der Waals surface area contributed by atoms with Crippen molar-refractivity contribution < 1.29 is 14.8 Å². The predicted molar refractivity (Wildman–Crippen MR) is 122 cm³/mol. The Morgan fingerprint density at radius 3 is 2.42 bits per heavy atom. The van der Waals surface area contributed by atoms with Crippen molar-refractivity contribution >= 4 is 40.3 Å². The maximum atomic E-state index is 11.0. The highest BCUT2D eigenvalue weighted by molar-refractivity contribution is 6.33. The Morgan fingerprint density at radius 1 is 1.10 bits per heavy atom. The molecule has 31 heavy (non-hydrogen) atoms. The molecule has 0 bridgehead atoms. The minimum Gasteiger partial charge on any atom is -0.481 e. The van der Waals surface area contributed by atoms with E-state index in [1.165, 1.54) is 18.2 Å². The second-order valence-electron chi connectivity index (χ2n) is 7.26. The Balaban J connectivity index is 2.16. The molecule has 0 aliphatic carbocycles. The summed E-state index contributed by atoms with van der Waals surface area (Å²) < 4.78 is 0. The number of anilines is 1. The summed E-state index contributed by atoms with van der Waals surface area (Å²) in [5, 5.41) is 28.4. The fourth-order valence-corrected chi connectivity index (χ4v) is 3.29. The van der Waals surface area contributed by atoms with E-state index in [0.717, 1.165) is 43.5 Å². The van der Waals surface area contributed by atoms with E-state index in [-0.39, 0.29) is 17.1 Å². The first-order chi connectivity index (χ1) is 14.8. The van der Waals surface area contributed by atoms with Crippen molar-refractivity contribution in [3.63, 3.8) is 0 Å². The highest BCUT2D eigenvalue weighted by Gasteiger charge is 2.11. The molecule has 0 spiro atoms. The number of hydrogen-bond acceptors (Lipinski definition) is 6. The zero-order chi connectivity index (χ0) is 22.8. The topological polar surface area (TPSA) is 108 Å². The summed E-state index contributed by atoms with van der Waals surface area (Å²) in [6, 6.07) is 9.72. The van der Waals surface area contributed by atoms with Crippen LogP contribution in [0.4, 0.5) is 22.7 Å². The van der Waals surface area contributed by atoms with Gasteiger partial charge in [0.15, 0.2) is 0 Å². The van der Waals surface area contributed by atoms with E-state index < -0.39 is 10.9 Å². The van der Waals surface area contributed by atoms with Crippen LogP contribution in [0.1, 0.15) is 44.6 Å². The van der Waals surface area contributed by atoms with Gasteiger partial charge in [-0.1, -0.05) is 37.8 Å². The largest absolute Gasteiger partial charge is 0.481 e. The van der Waals surface area contributed by atoms with Crippen LogP contribution in [0.5, 0.6) is 0 Å². The SMILES string of the molecule is CCCCCCN(CCC(=O)O)c1ccc(N=Nc2ccc([N+](=O)[O-])cc2Cl)c(C)c1. The van der Waals surface area contributed by atoms with Crippen molar-refractivity contribution in [2.45, 2.75) is 46.0 Å². The van der Waals surface area contributed by atoms with Crippen molar-refractivity contribution in [3.05, 3.63) is 57.1 Å². The molecular weight excluding hydrogens is 420 g/mol. The van der Waals surface area contributed by atoms with Gasteiger partial charge in [-0.15, -0.1) is 5.11 Å². The van der Waals surface area contributed by atoms with E-state index in [4.69, 9.17) is 16.7 Å². The van der Waals surface area contributed by atoms with Crippen LogP contribution in [-0.4, -0.2) is 29.1 Å². The molecule has 9 heteroatoms. The minimum atomic E-state index is -0.819. The number of carbonyl (C=O) groups is 1. The van der Waals surface area contributed by atoms with Crippen LogP contribution >= 0.6 is 11.6 Å². The highest BCUT2D eigenvalue weighted by Crippen LogP contribution is 2.32. The quantitative estimate of drug-likeness (QED) is 0.166. The standard InChI is InChI=1S/C22H27ClN4O4/c1-3-4-5-6-12-26(13-11-22(28)29)17-7-9-20(16(2)14-17)24-25-21-10-8-18(27(30)31)15-19(21)23/h7-10,14-15H,3-6,11-13H2,1-2H3,(H,28,29). The lowest BCUT2D eigenvalue weighted by atomic mass is 10.1. The van der Waals surface area contributed by atoms with Gasteiger partial charge in [-0.05, 0) is 43.2 Å². The molecule has 0 heterocycles. The average molecular weight is 447 g/mol. The molecule has 0 aliphatic rings. The van der Waals surface area contributed by atoms with Crippen LogP contribution in [0, 0.1) is 17.0 Å². The summed E-state index contributed by atoms with van der Waals surface area (Å²) in [5.74, 6) is -0.819. The molecule has 2 aromatic carbocycles. The normalized spacial score (nSPS) is 11.1. The van der Waals surface area contributed by atoms with Crippen LogP contribution in [0.2, 0.25) is 5.02 Å². The summed E-state index contributed by atoms with van der Waals surface area (Å²) in [6.45, 7) is 5.30. The number of carboxylic acid groups (broad SMARTS) is 1. The van der Waals surface area contributed by atoms with Crippen molar-refractivity contribution in [1.29, 1.82) is 0 Å². The van der Waals surface area contributed by atoms with Gasteiger partial charge < -0.3 is 10.0 Å². The molecule has 0 amide bonds. The van der Waals surface area contributed by atoms with Crippen LogP contribution < -0.4 is 4.90 Å². The minimum absolute atomic E-state index is 0.0763. The zero-order valence-corrected chi connectivity index (χ0v) is 18.5. The van der Waals surface area contributed by atoms with Crippen LogP contribution in [-0.2, 0) is 4.79 Å². The number of nitro benzene ring substituents is 1. The van der Waals surface area contributed by atoms with Gasteiger partial charge in [0, 0.05) is 30.9 Å². The molecule has 0 saturated carbocycles. The van der Waals surface area contributed by atoms with Crippen LogP contribution in [0.25, 0.3) is 0 Å². The summed E-state index contributed by atoms with van der Waals surface area (Å²) >= 11 is 6.06. The van der Waals surface area contributed by atoms with E-state index in [2.05, 4.69) is 22.1 Å². The summed E-state index contributed by atoms with van der Waals surface area (Å²) in [7, 11) is 0. The maximum Gasteiger partial charge on any atom is 0.305 e. The Labute approximate surface area is 186 Å². The third-order valence-electron chi connectivity index (χ3n) is 4.83. The molecule has 1 N–H and O–H groups in total. The number of benzene rings is 2. The molecule has 0 fully saturated rings. The van der Waals surface area contributed by atoms with E-state index in [1.807, 2.05) is 25.1 Å². The van der Waals surface area contributed by atoms with Gasteiger partial charge >= 0.3 is 5.97 Å². The number of nitro groups is 1. The van der Waals surface area contributed by atoms with Crippen molar-refractivity contribution in [2.75, 3.05) is 18.0 Å². The van der Waals surface area contributed by atoms with Gasteiger partial charge in [0.1, 0.15) is 5.69 Å². The Kier molecular flexibility index (Phi) is 9.40.